The van der Waals surface area contributed by atoms with Crippen molar-refractivity contribution in [2.24, 2.45) is 5.73 Å². The van der Waals surface area contributed by atoms with E-state index in [0.29, 0.717) is 5.56 Å². The van der Waals surface area contributed by atoms with Crippen LogP contribution >= 0.6 is 43.2 Å². The molecule has 1 aromatic carbocycles. The number of ketones is 1. The third-order valence-corrected chi connectivity index (χ3v) is 4.83. The maximum absolute atomic E-state index is 12.5. The molecule has 21 heavy (non-hydrogen) atoms. The van der Waals surface area contributed by atoms with Crippen LogP contribution in [0.2, 0.25) is 0 Å². The van der Waals surface area contributed by atoms with Gasteiger partial charge in [-0.2, -0.15) is 0 Å². The van der Waals surface area contributed by atoms with Crippen LogP contribution in [-0.4, -0.2) is 21.7 Å². The van der Waals surface area contributed by atoms with Crippen LogP contribution in [0.1, 0.15) is 25.9 Å². The van der Waals surface area contributed by atoms with Crippen molar-refractivity contribution >= 4 is 65.8 Å². The summed E-state index contributed by atoms with van der Waals surface area (Å²) in [4.78, 5) is 30.6. The second-order valence-corrected chi connectivity index (χ2v) is 6.87. The number of H-pyrrole nitrogens is 1. The van der Waals surface area contributed by atoms with Crippen molar-refractivity contribution in [2.75, 3.05) is 0 Å². The summed E-state index contributed by atoms with van der Waals surface area (Å²) >= 11 is 7.95. The number of carbonyl (C=O) groups excluding carboxylic acids is 2. The molecule has 8 heteroatoms. The van der Waals surface area contributed by atoms with Crippen LogP contribution in [0, 0.1) is 0 Å². The Kier molecular flexibility index (Phi) is 3.68. The molecule has 3 rings (SSSR count). The molecule has 0 saturated carbocycles. The second-order valence-electron chi connectivity index (χ2n) is 4.24. The van der Waals surface area contributed by atoms with Crippen molar-refractivity contribution in [3.05, 3.63) is 48.9 Å². The molecule has 0 aliphatic rings. The Hall–Kier alpha value is -1.51. The summed E-state index contributed by atoms with van der Waals surface area (Å²) < 4.78 is 1.70. The van der Waals surface area contributed by atoms with Crippen molar-refractivity contribution in [3.63, 3.8) is 0 Å². The number of halogens is 2. The number of carbonyl (C=O) groups is 2. The minimum Gasteiger partial charge on any atom is -0.364 e. The summed E-state index contributed by atoms with van der Waals surface area (Å²) in [6.07, 6.45) is 1.63. The first-order valence-corrected chi connectivity index (χ1v) is 8.20. The van der Waals surface area contributed by atoms with E-state index in [-0.39, 0.29) is 16.5 Å². The number of nitrogens with one attached hydrogen (secondary N) is 1. The number of amides is 1. The van der Waals surface area contributed by atoms with Crippen LogP contribution in [0.15, 0.2) is 32.7 Å². The maximum Gasteiger partial charge on any atom is 0.268 e. The van der Waals surface area contributed by atoms with Crippen molar-refractivity contribution in [2.45, 2.75) is 0 Å². The fraction of sp³-hybridized carbons (Fsp3) is 0. The molecule has 0 saturated heterocycles. The van der Waals surface area contributed by atoms with Gasteiger partial charge in [0.1, 0.15) is 5.69 Å². The minimum atomic E-state index is -0.644. The molecule has 0 atom stereocenters. The van der Waals surface area contributed by atoms with Crippen LogP contribution in [-0.2, 0) is 0 Å². The average Bonchev–Trinajstić information content (AvgIpc) is 3.04. The lowest BCUT2D eigenvalue weighted by Crippen LogP contribution is -2.12. The highest BCUT2D eigenvalue weighted by molar-refractivity contribution is 9.11. The largest absolute Gasteiger partial charge is 0.364 e. The van der Waals surface area contributed by atoms with E-state index in [2.05, 4.69) is 41.8 Å². The molecule has 0 spiro atoms. The predicted octanol–water partition coefficient (Wildman–Crippen LogP) is 3.48. The molecular formula is C13H7Br2N3O2S. The van der Waals surface area contributed by atoms with Gasteiger partial charge >= 0.3 is 0 Å². The van der Waals surface area contributed by atoms with E-state index >= 15 is 0 Å². The van der Waals surface area contributed by atoms with Gasteiger partial charge in [0.2, 0.25) is 5.78 Å². The molecule has 1 amide bonds. The number of nitrogens with zero attached hydrogens (tertiary/aromatic N) is 1. The Balaban J connectivity index is 2.11. The molecular weight excluding hydrogens is 422 g/mol. The van der Waals surface area contributed by atoms with Crippen LogP contribution in [0.3, 0.4) is 0 Å². The number of benzene rings is 1. The molecule has 0 fully saturated rings. The zero-order chi connectivity index (χ0) is 15.1. The molecule has 0 aliphatic carbocycles. The van der Waals surface area contributed by atoms with Gasteiger partial charge in [-0.3, -0.25) is 9.59 Å². The lowest BCUT2D eigenvalue weighted by molar-refractivity contribution is 0.0996. The van der Waals surface area contributed by atoms with Crippen LogP contribution < -0.4 is 5.73 Å². The lowest BCUT2D eigenvalue weighted by Gasteiger charge is -1.99. The first kappa shape index (κ1) is 14.4. The van der Waals surface area contributed by atoms with Gasteiger partial charge in [0.05, 0.1) is 11.1 Å². The van der Waals surface area contributed by atoms with Gasteiger partial charge in [-0.25, -0.2) is 4.98 Å². The van der Waals surface area contributed by atoms with Crippen molar-refractivity contribution in [1.82, 2.24) is 9.97 Å². The number of thiazole rings is 1. The molecule has 2 heterocycles. The summed E-state index contributed by atoms with van der Waals surface area (Å²) in [5, 5.41) is 2.49. The predicted molar refractivity (Wildman–Crippen MR) is 87.8 cm³/mol. The summed E-state index contributed by atoms with van der Waals surface area (Å²) in [6, 6.07) is 3.74. The van der Waals surface area contributed by atoms with E-state index in [1.807, 2.05) is 12.1 Å². The molecule has 5 nitrogen and oxygen atoms in total. The molecule has 2 aromatic heterocycles. The normalized spacial score (nSPS) is 11.0. The number of aromatic nitrogens is 2. The van der Waals surface area contributed by atoms with E-state index in [0.717, 1.165) is 31.2 Å². The quantitative estimate of drug-likeness (QED) is 0.625. The van der Waals surface area contributed by atoms with E-state index < -0.39 is 5.91 Å². The summed E-state index contributed by atoms with van der Waals surface area (Å²) in [5.74, 6) is -0.890. The highest BCUT2D eigenvalue weighted by Gasteiger charge is 2.20. The third-order valence-electron chi connectivity index (χ3n) is 2.90. The topological polar surface area (TPSA) is 88.8 Å². The highest BCUT2D eigenvalue weighted by atomic mass is 79.9. The molecule has 0 bridgehead atoms. The Morgan fingerprint density at radius 3 is 2.71 bits per heavy atom. The van der Waals surface area contributed by atoms with Crippen molar-refractivity contribution in [1.29, 1.82) is 0 Å². The van der Waals surface area contributed by atoms with Gasteiger partial charge in [0.15, 0.2) is 5.01 Å². The third kappa shape index (κ3) is 2.54. The Bertz CT molecular complexity index is 885. The SMILES string of the molecule is NC(=O)c1csc(C(=O)c2c[nH]c3c(Br)cc(Br)cc23)n1. The monoisotopic (exact) mass is 427 g/mol. The fourth-order valence-corrected chi connectivity index (χ4v) is 4.05. The second kappa shape index (κ2) is 5.36. The molecule has 3 N–H and O–H groups in total. The van der Waals surface area contributed by atoms with Gasteiger partial charge in [0, 0.05) is 25.9 Å². The number of rotatable bonds is 3. The molecule has 0 aliphatic heterocycles. The van der Waals surface area contributed by atoms with Gasteiger partial charge in [-0.15, -0.1) is 11.3 Å². The highest BCUT2D eigenvalue weighted by Crippen LogP contribution is 2.31. The number of aromatic amines is 1. The van der Waals surface area contributed by atoms with Crippen molar-refractivity contribution in [3.8, 4) is 0 Å². The Labute approximate surface area is 139 Å². The van der Waals surface area contributed by atoms with Crippen molar-refractivity contribution < 1.29 is 9.59 Å². The zero-order valence-electron chi connectivity index (χ0n) is 10.3. The fourth-order valence-electron chi connectivity index (χ4n) is 1.95. The summed E-state index contributed by atoms with van der Waals surface area (Å²) in [5.41, 5.74) is 6.58. The van der Waals surface area contributed by atoms with E-state index in [1.165, 1.54) is 5.38 Å². The first-order valence-electron chi connectivity index (χ1n) is 5.73. The van der Waals surface area contributed by atoms with Crippen LogP contribution in [0.4, 0.5) is 0 Å². The van der Waals surface area contributed by atoms with E-state index in [9.17, 15) is 9.59 Å². The molecule has 106 valence electrons. The van der Waals surface area contributed by atoms with Crippen LogP contribution in [0.5, 0.6) is 0 Å². The van der Waals surface area contributed by atoms with Gasteiger partial charge in [-0.1, -0.05) is 15.9 Å². The Morgan fingerprint density at radius 1 is 1.29 bits per heavy atom. The number of fused-ring (bicyclic) bond motifs is 1. The Morgan fingerprint density at radius 2 is 2.05 bits per heavy atom. The van der Waals surface area contributed by atoms with Gasteiger partial charge < -0.3 is 10.7 Å². The number of hydrogen-bond donors (Lipinski definition) is 2. The summed E-state index contributed by atoms with van der Waals surface area (Å²) in [7, 11) is 0. The minimum absolute atomic E-state index is 0.102. The van der Waals surface area contributed by atoms with Gasteiger partial charge in [0.25, 0.3) is 5.91 Å². The van der Waals surface area contributed by atoms with Crippen LogP contribution in [0.25, 0.3) is 10.9 Å². The number of hydrogen-bond acceptors (Lipinski definition) is 4. The summed E-state index contributed by atoms with van der Waals surface area (Å²) in [6.45, 7) is 0. The molecule has 0 unspecified atom stereocenters. The molecule has 3 aromatic rings. The first-order chi connectivity index (χ1) is 9.97. The maximum atomic E-state index is 12.5. The number of primary amides is 1. The number of nitrogens with two attached hydrogens (primary N) is 1. The van der Waals surface area contributed by atoms with E-state index in [1.54, 1.807) is 6.20 Å². The van der Waals surface area contributed by atoms with E-state index in [4.69, 9.17) is 5.73 Å². The average molecular weight is 429 g/mol. The zero-order valence-corrected chi connectivity index (χ0v) is 14.3. The molecule has 0 radical (unpaired) electrons. The smallest absolute Gasteiger partial charge is 0.268 e. The lowest BCUT2D eigenvalue weighted by atomic mass is 10.1. The van der Waals surface area contributed by atoms with Gasteiger partial charge in [-0.05, 0) is 28.1 Å². The standard InChI is InChI=1S/C13H7Br2N3O2S/c14-5-1-6-7(3-17-10(6)8(15)2-5)11(19)13-18-9(4-21-13)12(16)20/h1-4,17H,(H2,16,20).